The van der Waals surface area contributed by atoms with Crippen molar-refractivity contribution in [3.05, 3.63) is 0 Å². The third-order valence-electron chi connectivity index (χ3n) is 3.01. The van der Waals surface area contributed by atoms with Crippen molar-refractivity contribution in [2.45, 2.75) is 38.6 Å². The summed E-state index contributed by atoms with van der Waals surface area (Å²) >= 11 is 0. The average molecular weight is 257 g/mol. The first-order chi connectivity index (χ1) is 8.54. The Kier molecular flexibility index (Phi) is 5.77. The van der Waals surface area contributed by atoms with Crippen LogP contribution >= 0.6 is 0 Å². The molecular formula is C12H19NO5. The molecule has 0 saturated heterocycles. The van der Waals surface area contributed by atoms with Gasteiger partial charge in [-0.3, -0.25) is 9.59 Å². The van der Waals surface area contributed by atoms with E-state index in [9.17, 15) is 14.4 Å². The van der Waals surface area contributed by atoms with Crippen molar-refractivity contribution < 1.29 is 24.2 Å². The van der Waals surface area contributed by atoms with Crippen LogP contribution < -0.4 is 5.32 Å². The number of amides is 1. The highest BCUT2D eigenvalue weighted by Gasteiger charge is 2.33. The molecule has 2 atom stereocenters. The maximum Gasteiger partial charge on any atom is 0.326 e. The Morgan fingerprint density at radius 1 is 1.56 bits per heavy atom. The molecule has 0 aromatic carbocycles. The van der Waals surface area contributed by atoms with Crippen LogP contribution in [0.2, 0.25) is 0 Å². The first-order valence-corrected chi connectivity index (χ1v) is 6.16. The summed E-state index contributed by atoms with van der Waals surface area (Å²) in [5, 5.41) is 11.5. The van der Waals surface area contributed by atoms with Crippen molar-refractivity contribution in [2.24, 2.45) is 5.92 Å². The number of carbonyl (C=O) groups excluding carboxylic acids is 2. The van der Waals surface area contributed by atoms with Gasteiger partial charge in [0.05, 0.1) is 0 Å². The lowest BCUT2D eigenvalue weighted by Crippen LogP contribution is -2.48. The van der Waals surface area contributed by atoms with E-state index in [4.69, 9.17) is 9.84 Å². The lowest BCUT2D eigenvalue weighted by Gasteiger charge is -2.27. The number of hydrogen-bond acceptors (Lipinski definition) is 4. The van der Waals surface area contributed by atoms with Crippen LogP contribution in [-0.2, 0) is 19.1 Å². The predicted molar refractivity (Wildman–Crippen MR) is 63.0 cm³/mol. The zero-order valence-corrected chi connectivity index (χ0v) is 10.5. The van der Waals surface area contributed by atoms with Gasteiger partial charge in [0, 0.05) is 19.4 Å². The van der Waals surface area contributed by atoms with E-state index in [1.165, 1.54) is 0 Å². The van der Waals surface area contributed by atoms with Crippen molar-refractivity contribution in [3.8, 4) is 0 Å². The molecule has 18 heavy (non-hydrogen) atoms. The first kappa shape index (κ1) is 14.6. The number of carboxylic acid groups (broad SMARTS) is 1. The Bertz CT molecular complexity index is 328. The number of hydrogen-bond donors (Lipinski definition) is 2. The molecule has 0 aromatic rings. The van der Waals surface area contributed by atoms with Gasteiger partial charge in [-0.05, 0) is 25.7 Å². The van der Waals surface area contributed by atoms with E-state index in [1.807, 2.05) is 0 Å². The van der Waals surface area contributed by atoms with Gasteiger partial charge < -0.3 is 15.2 Å². The standard InChI is InChI=1S/C12H19NO5/c1-2-18-7-10(15)13-11(12(16)17)8-4-3-5-9(14)6-8/h8,11H,2-7H2,1H3,(H,13,15)(H,16,17)/t8-,11+/m0/s1. The van der Waals surface area contributed by atoms with Crippen LogP contribution in [0.1, 0.15) is 32.6 Å². The van der Waals surface area contributed by atoms with Crippen LogP contribution in [0.5, 0.6) is 0 Å². The normalized spacial score (nSPS) is 21.4. The zero-order chi connectivity index (χ0) is 13.5. The highest BCUT2D eigenvalue weighted by atomic mass is 16.5. The molecule has 1 rings (SSSR count). The lowest BCUT2D eigenvalue weighted by molar-refractivity contribution is -0.145. The molecule has 6 heteroatoms. The summed E-state index contributed by atoms with van der Waals surface area (Å²) in [5.41, 5.74) is 0. The molecule has 1 aliphatic carbocycles. The second-order valence-electron chi connectivity index (χ2n) is 4.42. The van der Waals surface area contributed by atoms with E-state index in [0.717, 1.165) is 0 Å². The van der Waals surface area contributed by atoms with Crippen molar-refractivity contribution in [1.82, 2.24) is 5.32 Å². The number of ketones is 1. The summed E-state index contributed by atoms with van der Waals surface area (Å²) in [5.74, 6) is -1.80. The van der Waals surface area contributed by atoms with Gasteiger partial charge in [-0.2, -0.15) is 0 Å². The maximum atomic E-state index is 11.5. The molecule has 1 aliphatic rings. The molecular weight excluding hydrogens is 238 g/mol. The van der Waals surface area contributed by atoms with Crippen molar-refractivity contribution in [1.29, 1.82) is 0 Å². The smallest absolute Gasteiger partial charge is 0.326 e. The summed E-state index contributed by atoms with van der Waals surface area (Å²) < 4.78 is 4.91. The lowest BCUT2D eigenvalue weighted by atomic mass is 9.83. The topological polar surface area (TPSA) is 92.7 Å². The third-order valence-corrected chi connectivity index (χ3v) is 3.01. The largest absolute Gasteiger partial charge is 0.480 e. The Morgan fingerprint density at radius 2 is 2.28 bits per heavy atom. The van der Waals surface area contributed by atoms with Gasteiger partial charge >= 0.3 is 5.97 Å². The predicted octanol–water partition coefficient (Wildman–Crippen LogP) is 0.352. The number of ether oxygens (including phenoxy) is 1. The van der Waals surface area contributed by atoms with Gasteiger partial charge in [-0.1, -0.05) is 0 Å². The summed E-state index contributed by atoms with van der Waals surface area (Å²) in [7, 11) is 0. The van der Waals surface area contributed by atoms with Crippen LogP contribution in [0.4, 0.5) is 0 Å². The Labute approximate surface area is 106 Å². The fourth-order valence-electron chi connectivity index (χ4n) is 2.13. The van der Waals surface area contributed by atoms with Crippen molar-refractivity contribution >= 4 is 17.7 Å². The highest BCUT2D eigenvalue weighted by Crippen LogP contribution is 2.24. The average Bonchev–Trinajstić information content (AvgIpc) is 2.33. The molecule has 1 saturated carbocycles. The van der Waals surface area contributed by atoms with E-state index < -0.39 is 17.9 Å². The summed E-state index contributed by atoms with van der Waals surface area (Å²) in [4.78, 5) is 33.9. The molecule has 1 amide bonds. The minimum Gasteiger partial charge on any atom is -0.480 e. The molecule has 0 bridgehead atoms. The SMILES string of the molecule is CCOCC(=O)N[C@@H](C(=O)O)[C@H]1CCCC(=O)C1. The monoisotopic (exact) mass is 257 g/mol. The van der Waals surface area contributed by atoms with E-state index in [2.05, 4.69) is 5.32 Å². The van der Waals surface area contributed by atoms with E-state index in [-0.39, 0.29) is 24.7 Å². The molecule has 0 heterocycles. The van der Waals surface area contributed by atoms with Gasteiger partial charge in [-0.25, -0.2) is 4.79 Å². The summed E-state index contributed by atoms with van der Waals surface area (Å²) in [6.07, 6.45) is 2.08. The number of nitrogens with one attached hydrogen (secondary N) is 1. The molecule has 0 aliphatic heterocycles. The highest BCUT2D eigenvalue weighted by molar-refractivity contribution is 5.86. The summed E-state index contributed by atoms with van der Waals surface area (Å²) in [6.45, 7) is 2.00. The van der Waals surface area contributed by atoms with Gasteiger partial charge in [0.25, 0.3) is 0 Å². The van der Waals surface area contributed by atoms with Crippen LogP contribution in [0.15, 0.2) is 0 Å². The van der Waals surface area contributed by atoms with E-state index in [1.54, 1.807) is 6.92 Å². The number of aliphatic carboxylic acids is 1. The molecule has 102 valence electrons. The Hall–Kier alpha value is -1.43. The molecule has 6 nitrogen and oxygen atoms in total. The van der Waals surface area contributed by atoms with E-state index in [0.29, 0.717) is 25.9 Å². The van der Waals surface area contributed by atoms with Crippen LogP contribution in [0.3, 0.4) is 0 Å². The van der Waals surface area contributed by atoms with Crippen LogP contribution in [0, 0.1) is 5.92 Å². The molecule has 0 radical (unpaired) electrons. The van der Waals surface area contributed by atoms with E-state index >= 15 is 0 Å². The van der Waals surface area contributed by atoms with Crippen molar-refractivity contribution in [2.75, 3.05) is 13.2 Å². The second-order valence-corrected chi connectivity index (χ2v) is 4.42. The van der Waals surface area contributed by atoms with Crippen molar-refractivity contribution in [3.63, 3.8) is 0 Å². The van der Waals surface area contributed by atoms with Crippen LogP contribution in [0.25, 0.3) is 0 Å². The first-order valence-electron chi connectivity index (χ1n) is 6.16. The molecule has 0 unspecified atom stereocenters. The number of carboxylic acids is 1. The van der Waals surface area contributed by atoms with Crippen LogP contribution in [-0.4, -0.2) is 42.0 Å². The summed E-state index contributed by atoms with van der Waals surface area (Å²) in [6, 6.07) is -0.998. The molecule has 0 aromatic heterocycles. The second kappa shape index (κ2) is 7.10. The molecule has 2 N–H and O–H groups in total. The van der Waals surface area contributed by atoms with Gasteiger partial charge in [0.1, 0.15) is 18.4 Å². The fraction of sp³-hybridized carbons (Fsp3) is 0.750. The van der Waals surface area contributed by atoms with Gasteiger partial charge in [0.2, 0.25) is 5.91 Å². The third kappa shape index (κ3) is 4.44. The molecule has 1 fully saturated rings. The molecule has 0 spiro atoms. The van der Waals surface area contributed by atoms with Gasteiger partial charge in [-0.15, -0.1) is 0 Å². The fourth-order valence-corrected chi connectivity index (χ4v) is 2.13. The Morgan fingerprint density at radius 3 is 2.83 bits per heavy atom. The quantitative estimate of drug-likeness (QED) is 0.716. The number of carbonyl (C=O) groups is 3. The van der Waals surface area contributed by atoms with Gasteiger partial charge in [0.15, 0.2) is 0 Å². The zero-order valence-electron chi connectivity index (χ0n) is 10.5. The minimum atomic E-state index is -1.10. The Balaban J connectivity index is 2.56. The minimum absolute atomic E-state index is 0.0663. The number of Topliss-reactive ketones (excluding diaryl/α,β-unsaturated/α-hetero) is 1. The number of rotatable bonds is 6. The maximum absolute atomic E-state index is 11.5.